The Balaban J connectivity index is 2.11. The van der Waals surface area contributed by atoms with Crippen LogP contribution in [0.3, 0.4) is 0 Å². The van der Waals surface area contributed by atoms with Crippen LogP contribution in [-0.4, -0.2) is 33.0 Å². The fourth-order valence-corrected chi connectivity index (χ4v) is 2.72. The van der Waals surface area contributed by atoms with Gasteiger partial charge in [0, 0.05) is 35.4 Å². The van der Waals surface area contributed by atoms with E-state index in [0.717, 1.165) is 46.4 Å². The molecule has 3 rings (SSSR count). The Bertz CT molecular complexity index is 680. The van der Waals surface area contributed by atoms with Crippen LogP contribution in [0, 0.1) is 0 Å². The summed E-state index contributed by atoms with van der Waals surface area (Å²) in [4.78, 5) is 6.97. The third kappa shape index (κ3) is 2.74. The van der Waals surface area contributed by atoms with Crippen LogP contribution < -0.4 is 9.64 Å². The van der Waals surface area contributed by atoms with Crippen LogP contribution in [0.25, 0.3) is 0 Å². The molecule has 0 atom stereocenters. The fraction of sp³-hybridized carbons (Fsp3) is 0.235. The Morgan fingerprint density at radius 3 is 2.62 bits per heavy atom. The third-order valence-electron chi connectivity index (χ3n) is 3.69. The van der Waals surface area contributed by atoms with Gasteiger partial charge in [-0.15, -0.1) is 0 Å². The fourth-order valence-electron chi connectivity index (χ4n) is 2.54. The summed E-state index contributed by atoms with van der Waals surface area (Å²) in [6.45, 7) is 1.67. The first-order valence-corrected chi connectivity index (χ1v) is 7.27. The van der Waals surface area contributed by atoms with Crippen molar-refractivity contribution in [3.05, 3.63) is 58.6 Å². The van der Waals surface area contributed by atoms with Crippen molar-refractivity contribution in [2.45, 2.75) is 0 Å². The Labute approximate surface area is 129 Å². The minimum atomic E-state index is 0.727. The van der Waals surface area contributed by atoms with E-state index >= 15 is 0 Å². The summed E-state index contributed by atoms with van der Waals surface area (Å²) in [7, 11) is 3.75. The average Bonchev–Trinajstić information content (AvgIpc) is 2.66. The lowest BCUT2D eigenvalue weighted by atomic mass is 10.00. The standard InChI is InChI=1S/C17H17ClN2O/c1-20-10-9-19-17(12-3-6-14(21-2)7-4-12)15-11-13(18)5-8-16(15)20/h3-8,11H,9-10H2,1-2H3. The predicted molar refractivity (Wildman–Crippen MR) is 88.2 cm³/mol. The average molecular weight is 301 g/mol. The van der Waals surface area contributed by atoms with Crippen LogP contribution in [0.2, 0.25) is 5.02 Å². The summed E-state index contributed by atoms with van der Waals surface area (Å²) in [5.74, 6) is 0.844. The zero-order chi connectivity index (χ0) is 14.8. The molecule has 1 aliphatic heterocycles. The number of benzene rings is 2. The smallest absolute Gasteiger partial charge is 0.118 e. The zero-order valence-electron chi connectivity index (χ0n) is 12.1. The molecule has 0 aliphatic carbocycles. The Morgan fingerprint density at radius 2 is 1.90 bits per heavy atom. The number of ether oxygens (including phenoxy) is 1. The Hall–Kier alpha value is -2.00. The van der Waals surface area contributed by atoms with Crippen LogP contribution in [0.15, 0.2) is 47.5 Å². The third-order valence-corrected chi connectivity index (χ3v) is 3.93. The minimum Gasteiger partial charge on any atom is -0.497 e. The van der Waals surface area contributed by atoms with Gasteiger partial charge in [0.25, 0.3) is 0 Å². The number of fused-ring (bicyclic) bond motifs is 1. The van der Waals surface area contributed by atoms with Gasteiger partial charge in [0.15, 0.2) is 0 Å². The molecule has 1 heterocycles. The molecule has 21 heavy (non-hydrogen) atoms. The number of aliphatic imine (C=N–C) groups is 1. The van der Waals surface area contributed by atoms with Crippen LogP contribution in [0.1, 0.15) is 11.1 Å². The molecule has 0 spiro atoms. The number of hydrogen-bond acceptors (Lipinski definition) is 3. The molecule has 4 heteroatoms. The number of rotatable bonds is 2. The maximum atomic E-state index is 6.18. The number of methoxy groups -OCH3 is 1. The van der Waals surface area contributed by atoms with E-state index in [4.69, 9.17) is 21.3 Å². The van der Waals surface area contributed by atoms with Gasteiger partial charge in [-0.05, 0) is 42.5 Å². The lowest BCUT2D eigenvalue weighted by molar-refractivity contribution is 0.415. The topological polar surface area (TPSA) is 24.8 Å². The minimum absolute atomic E-state index is 0.727. The second kappa shape index (κ2) is 5.78. The van der Waals surface area contributed by atoms with E-state index in [1.807, 2.05) is 36.4 Å². The van der Waals surface area contributed by atoms with Crippen molar-refractivity contribution >= 4 is 23.0 Å². The second-order valence-corrected chi connectivity index (χ2v) is 5.48. The van der Waals surface area contributed by atoms with E-state index in [0.29, 0.717) is 0 Å². The van der Waals surface area contributed by atoms with Gasteiger partial charge in [-0.3, -0.25) is 4.99 Å². The maximum absolute atomic E-state index is 6.18. The SMILES string of the molecule is COc1ccc(C2=NCCN(C)c3ccc(Cl)cc32)cc1. The van der Waals surface area contributed by atoms with Gasteiger partial charge >= 0.3 is 0 Å². The molecular weight excluding hydrogens is 284 g/mol. The first-order chi connectivity index (χ1) is 10.2. The van der Waals surface area contributed by atoms with Gasteiger partial charge in [-0.1, -0.05) is 11.6 Å². The molecule has 3 nitrogen and oxygen atoms in total. The monoisotopic (exact) mass is 300 g/mol. The van der Waals surface area contributed by atoms with Crippen LogP contribution in [0.4, 0.5) is 5.69 Å². The van der Waals surface area contributed by atoms with Gasteiger partial charge in [0.2, 0.25) is 0 Å². The van der Waals surface area contributed by atoms with Gasteiger partial charge < -0.3 is 9.64 Å². The summed E-state index contributed by atoms with van der Waals surface area (Å²) in [6, 6.07) is 14.0. The summed E-state index contributed by atoms with van der Waals surface area (Å²) in [5, 5.41) is 0.727. The first kappa shape index (κ1) is 14.0. The number of likely N-dealkylation sites (N-methyl/N-ethyl adjacent to an activating group) is 1. The molecule has 0 bridgehead atoms. The predicted octanol–water partition coefficient (Wildman–Crippen LogP) is 3.64. The highest BCUT2D eigenvalue weighted by Crippen LogP contribution is 2.28. The van der Waals surface area contributed by atoms with Gasteiger partial charge in [-0.2, -0.15) is 0 Å². The van der Waals surface area contributed by atoms with Gasteiger partial charge in [0.1, 0.15) is 5.75 Å². The van der Waals surface area contributed by atoms with Crippen LogP contribution in [0.5, 0.6) is 5.75 Å². The van der Waals surface area contributed by atoms with E-state index in [1.165, 1.54) is 0 Å². The van der Waals surface area contributed by atoms with Gasteiger partial charge in [0.05, 0.1) is 19.4 Å². The number of nitrogens with zero attached hydrogens (tertiary/aromatic N) is 2. The van der Waals surface area contributed by atoms with E-state index in [-0.39, 0.29) is 0 Å². The molecular formula is C17H17ClN2O. The molecule has 0 radical (unpaired) electrons. The molecule has 1 aliphatic rings. The number of benzodiazepines with no additional fused rings is 1. The Kier molecular flexibility index (Phi) is 3.84. The molecule has 2 aromatic carbocycles. The highest BCUT2D eigenvalue weighted by Gasteiger charge is 2.18. The molecule has 0 fully saturated rings. The van der Waals surface area contributed by atoms with Crippen molar-refractivity contribution in [3.8, 4) is 5.75 Å². The van der Waals surface area contributed by atoms with E-state index in [2.05, 4.69) is 18.0 Å². The number of hydrogen-bond donors (Lipinski definition) is 0. The molecule has 0 aromatic heterocycles. The summed E-state index contributed by atoms with van der Waals surface area (Å²) >= 11 is 6.18. The highest BCUT2D eigenvalue weighted by molar-refractivity contribution is 6.31. The molecule has 0 saturated heterocycles. The van der Waals surface area contributed by atoms with Crippen molar-refractivity contribution in [3.63, 3.8) is 0 Å². The van der Waals surface area contributed by atoms with Crippen LogP contribution in [-0.2, 0) is 0 Å². The summed E-state index contributed by atoms with van der Waals surface area (Å²) < 4.78 is 5.22. The van der Waals surface area contributed by atoms with Crippen molar-refractivity contribution in [2.75, 3.05) is 32.1 Å². The number of anilines is 1. The van der Waals surface area contributed by atoms with Crippen molar-refractivity contribution < 1.29 is 4.74 Å². The van der Waals surface area contributed by atoms with Crippen molar-refractivity contribution in [1.29, 1.82) is 0 Å². The molecule has 0 N–H and O–H groups in total. The van der Waals surface area contributed by atoms with Crippen molar-refractivity contribution in [2.24, 2.45) is 4.99 Å². The van der Waals surface area contributed by atoms with Crippen LogP contribution >= 0.6 is 11.6 Å². The second-order valence-electron chi connectivity index (χ2n) is 5.04. The van der Waals surface area contributed by atoms with E-state index < -0.39 is 0 Å². The zero-order valence-corrected chi connectivity index (χ0v) is 12.9. The molecule has 0 unspecified atom stereocenters. The molecule has 2 aromatic rings. The Morgan fingerprint density at radius 1 is 1.14 bits per heavy atom. The number of halogens is 1. The normalized spacial score (nSPS) is 14.2. The largest absolute Gasteiger partial charge is 0.497 e. The molecule has 0 saturated carbocycles. The van der Waals surface area contributed by atoms with E-state index in [9.17, 15) is 0 Å². The van der Waals surface area contributed by atoms with Gasteiger partial charge in [-0.25, -0.2) is 0 Å². The quantitative estimate of drug-likeness (QED) is 0.846. The highest BCUT2D eigenvalue weighted by atomic mass is 35.5. The van der Waals surface area contributed by atoms with Crippen molar-refractivity contribution in [1.82, 2.24) is 0 Å². The summed E-state index contributed by atoms with van der Waals surface area (Å²) in [5.41, 5.74) is 4.30. The van der Waals surface area contributed by atoms with E-state index in [1.54, 1.807) is 7.11 Å². The maximum Gasteiger partial charge on any atom is 0.118 e. The molecule has 108 valence electrons. The lowest BCUT2D eigenvalue weighted by Gasteiger charge is -2.19. The summed E-state index contributed by atoms with van der Waals surface area (Å²) in [6.07, 6.45) is 0. The lowest BCUT2D eigenvalue weighted by Crippen LogP contribution is -2.20. The molecule has 0 amide bonds. The first-order valence-electron chi connectivity index (χ1n) is 6.89.